The lowest BCUT2D eigenvalue weighted by atomic mass is 10.1. The number of sulfonamides is 1. The molecule has 0 bridgehead atoms. The predicted octanol–water partition coefficient (Wildman–Crippen LogP) is 2.55. The molecule has 3 rings (SSSR count). The molecule has 0 aromatic heterocycles. The summed E-state index contributed by atoms with van der Waals surface area (Å²) < 4.78 is 38.4. The van der Waals surface area contributed by atoms with Crippen molar-refractivity contribution < 1.29 is 17.6 Å². The van der Waals surface area contributed by atoms with Gasteiger partial charge in [0.1, 0.15) is 5.82 Å². The topological polar surface area (TPSA) is 69.7 Å². The molecule has 8 heteroatoms. The van der Waals surface area contributed by atoms with Crippen LogP contribution in [0.25, 0.3) is 0 Å². The highest BCUT2D eigenvalue weighted by Gasteiger charge is 2.25. The van der Waals surface area contributed by atoms with Crippen LogP contribution in [0.5, 0.6) is 0 Å². The van der Waals surface area contributed by atoms with Crippen molar-refractivity contribution in [3.8, 4) is 0 Å². The lowest BCUT2D eigenvalue weighted by molar-refractivity contribution is 0.102. The Hall–Kier alpha value is -2.29. The van der Waals surface area contributed by atoms with Gasteiger partial charge in [0, 0.05) is 44.0 Å². The number of amides is 1. The van der Waals surface area contributed by atoms with Gasteiger partial charge in [0.2, 0.25) is 10.0 Å². The number of rotatable bonds is 6. The van der Waals surface area contributed by atoms with Crippen LogP contribution in [0, 0.1) is 5.82 Å². The Balaban J connectivity index is 1.59. The lowest BCUT2D eigenvalue weighted by Crippen LogP contribution is -2.48. The van der Waals surface area contributed by atoms with Gasteiger partial charge in [-0.05, 0) is 48.9 Å². The smallest absolute Gasteiger partial charge is 0.255 e. The molecule has 0 unspecified atom stereocenters. The number of halogens is 1. The largest absolute Gasteiger partial charge is 0.322 e. The van der Waals surface area contributed by atoms with E-state index in [1.807, 2.05) is 18.2 Å². The molecule has 1 N–H and O–H groups in total. The Morgan fingerprint density at radius 2 is 1.75 bits per heavy atom. The highest BCUT2D eigenvalue weighted by atomic mass is 32.2. The van der Waals surface area contributed by atoms with E-state index >= 15 is 0 Å². The molecular weight excluding hydrogens is 381 g/mol. The Labute approximate surface area is 165 Å². The maximum atomic E-state index is 13.0. The lowest BCUT2D eigenvalue weighted by Gasteiger charge is -2.33. The number of hydrogen-bond donors (Lipinski definition) is 1. The number of nitrogens with zero attached hydrogens (tertiary/aromatic N) is 2. The number of piperazine rings is 1. The minimum atomic E-state index is -3.14. The fourth-order valence-electron chi connectivity index (χ4n) is 3.15. The van der Waals surface area contributed by atoms with Crippen molar-refractivity contribution in [2.45, 2.75) is 13.5 Å². The third-order valence-electron chi connectivity index (χ3n) is 4.79. The molecule has 0 atom stereocenters. The van der Waals surface area contributed by atoms with E-state index in [1.54, 1.807) is 13.0 Å². The molecule has 0 radical (unpaired) electrons. The monoisotopic (exact) mass is 405 g/mol. The van der Waals surface area contributed by atoms with Crippen LogP contribution in [0.1, 0.15) is 22.8 Å². The van der Waals surface area contributed by atoms with Crippen molar-refractivity contribution in [1.82, 2.24) is 9.21 Å². The summed E-state index contributed by atoms with van der Waals surface area (Å²) >= 11 is 0. The van der Waals surface area contributed by atoms with E-state index in [-0.39, 0.29) is 17.5 Å². The van der Waals surface area contributed by atoms with E-state index in [0.29, 0.717) is 44.0 Å². The van der Waals surface area contributed by atoms with Gasteiger partial charge >= 0.3 is 0 Å². The molecule has 150 valence electrons. The van der Waals surface area contributed by atoms with Gasteiger partial charge in [0.05, 0.1) is 5.75 Å². The molecule has 1 aliphatic heterocycles. The Morgan fingerprint density at radius 1 is 1.07 bits per heavy atom. The average Bonchev–Trinajstić information content (AvgIpc) is 2.70. The van der Waals surface area contributed by atoms with E-state index in [9.17, 15) is 17.6 Å². The van der Waals surface area contributed by atoms with Crippen LogP contribution in [0.3, 0.4) is 0 Å². The molecule has 0 aliphatic carbocycles. The van der Waals surface area contributed by atoms with Crippen LogP contribution in [-0.4, -0.2) is 55.5 Å². The van der Waals surface area contributed by atoms with Crippen molar-refractivity contribution in [1.29, 1.82) is 0 Å². The first kappa shape index (κ1) is 20.4. The van der Waals surface area contributed by atoms with Crippen molar-refractivity contribution in [2.24, 2.45) is 0 Å². The van der Waals surface area contributed by atoms with E-state index in [0.717, 1.165) is 5.56 Å². The van der Waals surface area contributed by atoms with Gasteiger partial charge in [-0.2, -0.15) is 4.31 Å². The first-order valence-electron chi connectivity index (χ1n) is 9.23. The average molecular weight is 405 g/mol. The van der Waals surface area contributed by atoms with Crippen LogP contribution in [0.2, 0.25) is 0 Å². The van der Waals surface area contributed by atoms with Gasteiger partial charge in [0.25, 0.3) is 5.91 Å². The van der Waals surface area contributed by atoms with Crippen molar-refractivity contribution in [3.05, 3.63) is 65.5 Å². The second-order valence-corrected chi connectivity index (χ2v) is 8.99. The third kappa shape index (κ3) is 5.15. The molecule has 1 fully saturated rings. The quantitative estimate of drug-likeness (QED) is 0.802. The summed E-state index contributed by atoms with van der Waals surface area (Å²) in [6.45, 7) is 4.60. The standard InChI is InChI=1S/C20H24FN3O3S/c1-2-28(26,27)24-12-10-23(11-13-24)15-16-4-3-5-17(14-16)20(25)22-19-8-6-18(21)7-9-19/h3-9,14H,2,10-13,15H2,1H3,(H,22,25). The van der Waals surface area contributed by atoms with E-state index < -0.39 is 10.0 Å². The highest BCUT2D eigenvalue weighted by molar-refractivity contribution is 7.89. The molecule has 1 aliphatic rings. The second kappa shape index (κ2) is 8.81. The van der Waals surface area contributed by atoms with Crippen molar-refractivity contribution >= 4 is 21.6 Å². The third-order valence-corrected chi connectivity index (χ3v) is 6.67. The normalized spacial score (nSPS) is 16.1. The summed E-state index contributed by atoms with van der Waals surface area (Å²) in [5.74, 6) is -0.489. The van der Waals surface area contributed by atoms with Crippen molar-refractivity contribution in [2.75, 3.05) is 37.2 Å². The summed E-state index contributed by atoms with van der Waals surface area (Å²) in [7, 11) is -3.14. The van der Waals surface area contributed by atoms with Gasteiger partial charge in [-0.1, -0.05) is 12.1 Å². The summed E-state index contributed by atoms with van der Waals surface area (Å²) in [5, 5.41) is 2.75. The fraction of sp³-hybridized carbons (Fsp3) is 0.350. The summed E-state index contributed by atoms with van der Waals surface area (Å²) in [5.41, 5.74) is 2.04. The minimum absolute atomic E-state index is 0.123. The maximum Gasteiger partial charge on any atom is 0.255 e. The minimum Gasteiger partial charge on any atom is -0.322 e. The molecule has 28 heavy (non-hydrogen) atoms. The van der Waals surface area contributed by atoms with Gasteiger partial charge in [-0.15, -0.1) is 0 Å². The number of benzene rings is 2. The second-order valence-electron chi connectivity index (χ2n) is 6.74. The number of carbonyl (C=O) groups is 1. The molecule has 2 aromatic carbocycles. The van der Waals surface area contributed by atoms with Gasteiger partial charge in [-0.25, -0.2) is 12.8 Å². The van der Waals surface area contributed by atoms with Crippen LogP contribution in [-0.2, 0) is 16.6 Å². The summed E-state index contributed by atoms with van der Waals surface area (Å²) in [6, 6.07) is 13.0. The molecule has 0 spiro atoms. The maximum absolute atomic E-state index is 13.0. The Morgan fingerprint density at radius 3 is 2.39 bits per heavy atom. The highest BCUT2D eigenvalue weighted by Crippen LogP contribution is 2.15. The Kier molecular flexibility index (Phi) is 6.43. The van der Waals surface area contributed by atoms with E-state index in [2.05, 4.69) is 10.2 Å². The first-order chi connectivity index (χ1) is 13.4. The number of carbonyl (C=O) groups excluding carboxylic acids is 1. The predicted molar refractivity (Wildman–Crippen MR) is 107 cm³/mol. The SMILES string of the molecule is CCS(=O)(=O)N1CCN(Cc2cccc(C(=O)Nc3ccc(F)cc3)c2)CC1. The van der Waals surface area contributed by atoms with Gasteiger partial charge < -0.3 is 5.32 Å². The molecule has 2 aromatic rings. The van der Waals surface area contributed by atoms with Crippen molar-refractivity contribution in [3.63, 3.8) is 0 Å². The van der Waals surface area contributed by atoms with Crippen LogP contribution < -0.4 is 5.32 Å². The zero-order valence-corrected chi connectivity index (χ0v) is 16.6. The molecule has 1 amide bonds. The van der Waals surface area contributed by atoms with E-state index in [1.165, 1.54) is 28.6 Å². The van der Waals surface area contributed by atoms with Gasteiger partial charge in [0.15, 0.2) is 0 Å². The molecular formula is C20H24FN3O3S. The van der Waals surface area contributed by atoms with Crippen LogP contribution in [0.4, 0.5) is 10.1 Å². The molecule has 1 saturated heterocycles. The Bertz CT molecular complexity index is 924. The number of hydrogen-bond acceptors (Lipinski definition) is 4. The van der Waals surface area contributed by atoms with Gasteiger partial charge in [-0.3, -0.25) is 9.69 Å². The molecule has 1 heterocycles. The summed E-state index contributed by atoms with van der Waals surface area (Å²) in [6.07, 6.45) is 0. The van der Waals surface area contributed by atoms with Crippen LogP contribution >= 0.6 is 0 Å². The van der Waals surface area contributed by atoms with Crippen LogP contribution in [0.15, 0.2) is 48.5 Å². The molecule has 0 saturated carbocycles. The molecule has 6 nitrogen and oxygen atoms in total. The zero-order chi connectivity index (χ0) is 20.1. The summed E-state index contributed by atoms with van der Waals surface area (Å²) in [4.78, 5) is 14.6. The first-order valence-corrected chi connectivity index (χ1v) is 10.8. The fourth-order valence-corrected chi connectivity index (χ4v) is 4.24. The van der Waals surface area contributed by atoms with E-state index in [4.69, 9.17) is 0 Å². The number of anilines is 1. The zero-order valence-electron chi connectivity index (χ0n) is 15.8. The number of nitrogens with one attached hydrogen (secondary N) is 1.